The predicted molar refractivity (Wildman–Crippen MR) is 127 cm³/mol. The van der Waals surface area contributed by atoms with E-state index in [4.69, 9.17) is 0 Å². The molecule has 0 spiro atoms. The summed E-state index contributed by atoms with van der Waals surface area (Å²) >= 11 is 0. The summed E-state index contributed by atoms with van der Waals surface area (Å²) in [5, 5.41) is 26.4. The number of fused-ring (bicyclic) bond motifs is 3. The molecule has 34 heavy (non-hydrogen) atoms. The largest absolute Gasteiger partial charge is 0.300 e. The van der Waals surface area contributed by atoms with Gasteiger partial charge in [0.1, 0.15) is 17.1 Å². The average molecular weight is 455 g/mol. The van der Waals surface area contributed by atoms with Gasteiger partial charge in [0.2, 0.25) is 0 Å². The molecular weight excluding hydrogens is 428 g/mol. The molecule has 6 heterocycles. The van der Waals surface area contributed by atoms with Gasteiger partial charge in [0, 0.05) is 36.3 Å². The van der Waals surface area contributed by atoms with Gasteiger partial charge in [-0.25, -0.2) is 4.68 Å². The molecule has 4 aromatic heterocycles. The third-order valence-corrected chi connectivity index (χ3v) is 7.64. The summed E-state index contributed by atoms with van der Waals surface area (Å²) in [6, 6.07) is 8.04. The second-order valence-electron chi connectivity index (χ2n) is 9.64. The first-order chi connectivity index (χ1) is 16.6. The highest BCUT2D eigenvalue weighted by molar-refractivity contribution is 5.94. The number of piperidine rings is 1. The first-order valence-electron chi connectivity index (χ1n) is 11.8. The number of nitrogens with zero attached hydrogens (tertiary/aromatic N) is 9. The summed E-state index contributed by atoms with van der Waals surface area (Å²) in [5.74, 6) is 0. The Balaban J connectivity index is 1.18. The molecule has 2 unspecified atom stereocenters. The summed E-state index contributed by atoms with van der Waals surface area (Å²) in [6.07, 6.45) is 14.7. The quantitative estimate of drug-likeness (QED) is 0.448. The Morgan fingerprint density at radius 1 is 0.912 bits per heavy atom. The topological polar surface area (TPSA) is 98.3 Å². The molecule has 2 bridgehead atoms. The zero-order valence-electron chi connectivity index (χ0n) is 19.2. The van der Waals surface area contributed by atoms with Crippen molar-refractivity contribution in [1.82, 2.24) is 49.7 Å². The molecule has 0 saturated carbocycles. The van der Waals surface area contributed by atoms with Crippen molar-refractivity contribution in [2.75, 3.05) is 7.05 Å². The SMILES string of the molecule is CN1C2CCC1CC(n1cc(-n3cc(-c4n[nH]c5ccc(-c6cnn(C)c6)cc45)nn3)cn1)C2. The van der Waals surface area contributed by atoms with Crippen molar-refractivity contribution >= 4 is 10.9 Å². The van der Waals surface area contributed by atoms with Crippen LogP contribution in [0.4, 0.5) is 0 Å². The molecule has 10 heteroatoms. The molecule has 0 radical (unpaired) electrons. The van der Waals surface area contributed by atoms with Crippen molar-refractivity contribution in [3.8, 4) is 28.2 Å². The van der Waals surface area contributed by atoms with Gasteiger partial charge in [0.25, 0.3) is 0 Å². The number of H-pyrrole nitrogens is 1. The number of aryl methyl sites for hydroxylation is 1. The van der Waals surface area contributed by atoms with Gasteiger partial charge in [0.15, 0.2) is 0 Å². The van der Waals surface area contributed by atoms with Gasteiger partial charge in [-0.2, -0.15) is 15.3 Å². The Morgan fingerprint density at radius 3 is 2.56 bits per heavy atom. The Hall–Kier alpha value is -3.79. The van der Waals surface area contributed by atoms with Crippen molar-refractivity contribution < 1.29 is 0 Å². The summed E-state index contributed by atoms with van der Waals surface area (Å²) in [5.41, 5.74) is 5.53. The van der Waals surface area contributed by atoms with Crippen LogP contribution < -0.4 is 0 Å². The lowest BCUT2D eigenvalue weighted by Crippen LogP contribution is -2.40. The third kappa shape index (κ3) is 3.09. The molecule has 2 atom stereocenters. The predicted octanol–water partition coefficient (Wildman–Crippen LogP) is 3.21. The van der Waals surface area contributed by atoms with E-state index >= 15 is 0 Å². The van der Waals surface area contributed by atoms with E-state index in [2.05, 4.69) is 65.7 Å². The highest BCUT2D eigenvalue weighted by Crippen LogP contribution is 2.39. The zero-order chi connectivity index (χ0) is 22.8. The van der Waals surface area contributed by atoms with E-state index in [1.165, 1.54) is 12.8 Å². The van der Waals surface area contributed by atoms with E-state index in [1.54, 1.807) is 9.36 Å². The van der Waals surface area contributed by atoms with Crippen LogP contribution in [0, 0.1) is 0 Å². The molecule has 0 aliphatic carbocycles. The average Bonchev–Trinajstić information content (AvgIpc) is 3.65. The van der Waals surface area contributed by atoms with E-state index in [1.807, 2.05) is 37.9 Å². The minimum Gasteiger partial charge on any atom is -0.300 e. The third-order valence-electron chi connectivity index (χ3n) is 7.64. The smallest absolute Gasteiger partial charge is 0.134 e. The van der Waals surface area contributed by atoms with Gasteiger partial charge in [-0.1, -0.05) is 11.3 Å². The van der Waals surface area contributed by atoms with Crippen LogP contribution in [0.1, 0.15) is 31.7 Å². The number of nitrogens with one attached hydrogen (secondary N) is 1. The van der Waals surface area contributed by atoms with Crippen LogP contribution in [0.2, 0.25) is 0 Å². The van der Waals surface area contributed by atoms with E-state index in [0.717, 1.165) is 51.9 Å². The monoisotopic (exact) mass is 454 g/mol. The lowest BCUT2D eigenvalue weighted by Gasteiger charge is -2.36. The van der Waals surface area contributed by atoms with Crippen LogP contribution in [-0.2, 0) is 7.05 Å². The van der Waals surface area contributed by atoms with Crippen molar-refractivity contribution in [3.05, 3.63) is 49.2 Å². The zero-order valence-corrected chi connectivity index (χ0v) is 19.2. The van der Waals surface area contributed by atoms with Crippen LogP contribution in [-0.4, -0.2) is 68.8 Å². The van der Waals surface area contributed by atoms with Crippen LogP contribution in [0.3, 0.4) is 0 Å². The number of benzene rings is 1. The van der Waals surface area contributed by atoms with Crippen molar-refractivity contribution in [1.29, 1.82) is 0 Å². The van der Waals surface area contributed by atoms with E-state index in [0.29, 0.717) is 18.1 Å². The van der Waals surface area contributed by atoms with Gasteiger partial charge in [-0.15, -0.1) is 5.10 Å². The fraction of sp³-hybridized carbons (Fsp3) is 0.375. The summed E-state index contributed by atoms with van der Waals surface area (Å²) in [6.45, 7) is 0. The summed E-state index contributed by atoms with van der Waals surface area (Å²) in [7, 11) is 4.19. The van der Waals surface area contributed by atoms with E-state index in [9.17, 15) is 0 Å². The maximum Gasteiger partial charge on any atom is 0.134 e. The first-order valence-corrected chi connectivity index (χ1v) is 11.8. The number of hydrogen-bond donors (Lipinski definition) is 1. The van der Waals surface area contributed by atoms with Crippen molar-refractivity contribution in [2.24, 2.45) is 7.05 Å². The van der Waals surface area contributed by atoms with Crippen molar-refractivity contribution in [2.45, 2.75) is 43.8 Å². The fourth-order valence-corrected chi connectivity index (χ4v) is 5.70. The molecule has 2 saturated heterocycles. The minimum absolute atomic E-state index is 0.451. The number of aromatic amines is 1. The van der Waals surface area contributed by atoms with E-state index in [-0.39, 0.29) is 0 Å². The molecule has 10 nitrogen and oxygen atoms in total. The van der Waals surface area contributed by atoms with Crippen LogP contribution in [0.5, 0.6) is 0 Å². The number of aromatic nitrogens is 9. The summed E-state index contributed by atoms with van der Waals surface area (Å²) in [4.78, 5) is 2.55. The van der Waals surface area contributed by atoms with Gasteiger partial charge < -0.3 is 4.90 Å². The van der Waals surface area contributed by atoms with E-state index < -0.39 is 0 Å². The second kappa shape index (κ2) is 7.36. The second-order valence-corrected chi connectivity index (χ2v) is 9.64. The lowest BCUT2D eigenvalue weighted by atomic mass is 9.98. The standard InChI is InChI=1S/C24H26N10/c1-31-12-16(10-25-31)15-3-6-22-21(7-15)24(29-27-22)23-14-34(30-28-23)20-11-26-33(13-20)19-8-17-4-5-18(9-19)32(17)2/h3,6-7,10-14,17-19H,4-5,8-9H2,1-2H3,(H,27,29). The van der Waals surface area contributed by atoms with Gasteiger partial charge in [-0.3, -0.25) is 14.5 Å². The molecule has 0 amide bonds. The van der Waals surface area contributed by atoms with Gasteiger partial charge in [-0.05, 0) is 50.4 Å². The Kier molecular flexibility index (Phi) is 4.25. The molecule has 7 rings (SSSR count). The molecule has 5 aromatic rings. The molecule has 1 N–H and O–H groups in total. The molecule has 172 valence electrons. The fourth-order valence-electron chi connectivity index (χ4n) is 5.70. The lowest BCUT2D eigenvalue weighted by molar-refractivity contribution is 0.131. The molecule has 2 aliphatic rings. The van der Waals surface area contributed by atoms with Crippen LogP contribution >= 0.6 is 0 Å². The number of rotatable bonds is 4. The Morgan fingerprint density at radius 2 is 1.76 bits per heavy atom. The minimum atomic E-state index is 0.451. The van der Waals surface area contributed by atoms with Crippen molar-refractivity contribution in [3.63, 3.8) is 0 Å². The Labute approximate surface area is 196 Å². The highest BCUT2D eigenvalue weighted by Gasteiger charge is 2.39. The Bertz CT molecular complexity index is 1470. The number of hydrogen-bond acceptors (Lipinski definition) is 6. The van der Waals surface area contributed by atoms with Crippen LogP contribution in [0.25, 0.3) is 39.1 Å². The maximum atomic E-state index is 4.69. The summed E-state index contributed by atoms with van der Waals surface area (Å²) < 4.78 is 5.71. The highest BCUT2D eigenvalue weighted by atomic mass is 15.4. The van der Waals surface area contributed by atoms with Gasteiger partial charge >= 0.3 is 0 Å². The maximum absolute atomic E-state index is 4.69. The van der Waals surface area contributed by atoms with Gasteiger partial charge in [0.05, 0.1) is 36.3 Å². The molecular formula is C24H26N10. The first kappa shape index (κ1) is 19.7. The molecule has 2 fully saturated rings. The molecule has 2 aliphatic heterocycles. The van der Waals surface area contributed by atoms with Crippen LogP contribution in [0.15, 0.2) is 49.2 Å². The molecule has 1 aromatic carbocycles. The normalized spacial score (nSPS) is 22.7.